The van der Waals surface area contributed by atoms with Crippen molar-refractivity contribution in [3.63, 3.8) is 0 Å². The van der Waals surface area contributed by atoms with Crippen molar-refractivity contribution in [2.24, 2.45) is 0 Å². The first-order chi connectivity index (χ1) is 13.4. The number of halogens is 2. The van der Waals surface area contributed by atoms with Crippen molar-refractivity contribution in [3.8, 4) is 0 Å². The molecule has 0 aromatic heterocycles. The SMILES string of the molecule is O=C(NCc1ccccc1F)c1cccc(S(=O)(=O)Nc2ccccc2F)c1. The zero-order valence-corrected chi connectivity index (χ0v) is 15.3. The van der Waals surface area contributed by atoms with Crippen LogP contribution in [0.1, 0.15) is 15.9 Å². The third-order valence-corrected chi connectivity index (χ3v) is 5.29. The average Bonchev–Trinajstić information content (AvgIpc) is 2.69. The van der Waals surface area contributed by atoms with Gasteiger partial charge in [-0.15, -0.1) is 0 Å². The number of sulfonamides is 1. The molecular formula is C20H16F2N2O3S. The second-order valence-electron chi connectivity index (χ2n) is 5.89. The molecule has 0 radical (unpaired) electrons. The Morgan fingerprint density at radius 2 is 1.54 bits per heavy atom. The van der Waals surface area contributed by atoms with E-state index in [1.54, 1.807) is 6.07 Å². The van der Waals surface area contributed by atoms with E-state index in [4.69, 9.17) is 0 Å². The van der Waals surface area contributed by atoms with Gasteiger partial charge in [-0.3, -0.25) is 9.52 Å². The van der Waals surface area contributed by atoms with Crippen molar-refractivity contribution in [2.75, 3.05) is 4.72 Å². The standard InChI is InChI=1S/C20H16F2N2O3S/c21-17-9-2-1-6-15(17)13-23-20(25)14-7-5-8-16(12-14)28(26,27)24-19-11-4-3-10-18(19)22/h1-12,24H,13H2,(H,23,25). The van der Waals surface area contributed by atoms with Crippen LogP contribution in [-0.4, -0.2) is 14.3 Å². The van der Waals surface area contributed by atoms with Gasteiger partial charge in [-0.1, -0.05) is 36.4 Å². The first kappa shape index (κ1) is 19.5. The highest BCUT2D eigenvalue weighted by Crippen LogP contribution is 2.19. The van der Waals surface area contributed by atoms with Crippen LogP contribution in [-0.2, 0) is 16.6 Å². The van der Waals surface area contributed by atoms with E-state index >= 15 is 0 Å². The molecule has 0 bridgehead atoms. The molecule has 0 heterocycles. The second kappa shape index (κ2) is 8.18. The quantitative estimate of drug-likeness (QED) is 0.660. The smallest absolute Gasteiger partial charge is 0.262 e. The summed E-state index contributed by atoms with van der Waals surface area (Å²) in [6, 6.07) is 16.6. The van der Waals surface area contributed by atoms with Gasteiger partial charge >= 0.3 is 0 Å². The third kappa shape index (κ3) is 4.52. The van der Waals surface area contributed by atoms with Crippen molar-refractivity contribution in [2.45, 2.75) is 11.4 Å². The molecule has 0 atom stereocenters. The fraction of sp³-hybridized carbons (Fsp3) is 0.0500. The van der Waals surface area contributed by atoms with Gasteiger partial charge in [0.1, 0.15) is 11.6 Å². The van der Waals surface area contributed by atoms with Gasteiger partial charge in [-0.05, 0) is 36.4 Å². The van der Waals surface area contributed by atoms with Crippen LogP contribution in [0.4, 0.5) is 14.5 Å². The first-order valence-electron chi connectivity index (χ1n) is 8.26. The first-order valence-corrected chi connectivity index (χ1v) is 9.74. The van der Waals surface area contributed by atoms with Gasteiger partial charge in [0.2, 0.25) is 0 Å². The summed E-state index contributed by atoms with van der Waals surface area (Å²) in [5.74, 6) is -1.73. The number of carbonyl (C=O) groups excluding carboxylic acids is 1. The highest BCUT2D eigenvalue weighted by molar-refractivity contribution is 7.92. The zero-order valence-electron chi connectivity index (χ0n) is 14.5. The minimum absolute atomic E-state index is 0.0457. The Bertz CT molecular complexity index is 1120. The fourth-order valence-corrected chi connectivity index (χ4v) is 3.58. The van der Waals surface area contributed by atoms with Gasteiger partial charge in [0.25, 0.3) is 15.9 Å². The molecule has 0 aliphatic heterocycles. The van der Waals surface area contributed by atoms with Crippen molar-refractivity contribution in [1.29, 1.82) is 0 Å². The fourth-order valence-electron chi connectivity index (χ4n) is 2.47. The Labute approximate surface area is 161 Å². The highest BCUT2D eigenvalue weighted by Gasteiger charge is 2.18. The van der Waals surface area contributed by atoms with E-state index in [2.05, 4.69) is 10.0 Å². The van der Waals surface area contributed by atoms with Crippen LogP contribution < -0.4 is 10.0 Å². The molecular weight excluding hydrogens is 386 g/mol. The van der Waals surface area contributed by atoms with Crippen LogP contribution in [0.25, 0.3) is 0 Å². The van der Waals surface area contributed by atoms with Crippen molar-refractivity contribution in [3.05, 3.63) is 95.6 Å². The summed E-state index contributed by atoms with van der Waals surface area (Å²) < 4.78 is 54.5. The Kier molecular flexibility index (Phi) is 5.70. The molecule has 28 heavy (non-hydrogen) atoms. The van der Waals surface area contributed by atoms with E-state index in [0.29, 0.717) is 5.56 Å². The molecule has 1 amide bonds. The number of anilines is 1. The van der Waals surface area contributed by atoms with Crippen LogP contribution in [0.2, 0.25) is 0 Å². The molecule has 0 spiro atoms. The topological polar surface area (TPSA) is 75.3 Å². The molecule has 3 rings (SSSR count). The lowest BCUT2D eigenvalue weighted by Gasteiger charge is -2.10. The molecule has 0 fully saturated rings. The monoisotopic (exact) mass is 402 g/mol. The number of amides is 1. The molecule has 3 aromatic rings. The van der Waals surface area contributed by atoms with E-state index < -0.39 is 27.6 Å². The van der Waals surface area contributed by atoms with Crippen LogP contribution in [0.15, 0.2) is 77.7 Å². The number of benzene rings is 3. The van der Waals surface area contributed by atoms with Crippen LogP contribution in [0, 0.1) is 11.6 Å². The van der Waals surface area contributed by atoms with E-state index in [9.17, 15) is 22.0 Å². The van der Waals surface area contributed by atoms with Gasteiger partial charge < -0.3 is 5.32 Å². The Balaban J connectivity index is 1.77. The van der Waals surface area contributed by atoms with E-state index in [1.165, 1.54) is 60.7 Å². The van der Waals surface area contributed by atoms with Gasteiger partial charge in [0.05, 0.1) is 10.6 Å². The molecule has 5 nitrogen and oxygen atoms in total. The zero-order chi connectivity index (χ0) is 20.1. The number of carbonyl (C=O) groups is 1. The maximum atomic E-state index is 13.7. The molecule has 2 N–H and O–H groups in total. The minimum atomic E-state index is -4.10. The molecule has 0 saturated heterocycles. The maximum absolute atomic E-state index is 13.7. The molecule has 144 valence electrons. The summed E-state index contributed by atoms with van der Waals surface area (Å²) in [7, 11) is -4.10. The van der Waals surface area contributed by atoms with Crippen LogP contribution in [0.3, 0.4) is 0 Å². The summed E-state index contributed by atoms with van der Waals surface area (Å²) in [5.41, 5.74) is 0.186. The predicted octanol–water partition coefficient (Wildman–Crippen LogP) is 3.70. The van der Waals surface area contributed by atoms with Crippen molar-refractivity contribution in [1.82, 2.24) is 5.32 Å². The normalized spacial score (nSPS) is 11.1. The minimum Gasteiger partial charge on any atom is -0.348 e. The number of hydrogen-bond donors (Lipinski definition) is 2. The summed E-state index contributed by atoms with van der Waals surface area (Å²) in [6.07, 6.45) is 0. The molecule has 0 saturated carbocycles. The van der Waals surface area contributed by atoms with E-state index in [1.807, 2.05) is 0 Å². The molecule has 8 heteroatoms. The Morgan fingerprint density at radius 1 is 0.857 bits per heavy atom. The van der Waals surface area contributed by atoms with E-state index in [0.717, 1.165) is 6.07 Å². The summed E-state index contributed by atoms with van der Waals surface area (Å²) in [4.78, 5) is 12.1. The summed E-state index contributed by atoms with van der Waals surface area (Å²) >= 11 is 0. The summed E-state index contributed by atoms with van der Waals surface area (Å²) in [5, 5.41) is 2.54. The Hall–Kier alpha value is -3.26. The van der Waals surface area contributed by atoms with Crippen molar-refractivity contribution < 1.29 is 22.0 Å². The van der Waals surface area contributed by atoms with Gasteiger partial charge in [-0.25, -0.2) is 17.2 Å². The lowest BCUT2D eigenvalue weighted by atomic mass is 10.2. The van der Waals surface area contributed by atoms with Gasteiger partial charge in [0.15, 0.2) is 0 Å². The van der Waals surface area contributed by atoms with Gasteiger partial charge in [-0.2, -0.15) is 0 Å². The number of hydrogen-bond acceptors (Lipinski definition) is 3. The maximum Gasteiger partial charge on any atom is 0.262 e. The molecule has 0 aliphatic rings. The lowest BCUT2D eigenvalue weighted by molar-refractivity contribution is 0.0950. The molecule has 0 unspecified atom stereocenters. The number of nitrogens with one attached hydrogen (secondary N) is 2. The van der Waals surface area contributed by atoms with Crippen LogP contribution in [0.5, 0.6) is 0 Å². The number of para-hydroxylation sites is 1. The predicted molar refractivity (Wildman–Crippen MR) is 101 cm³/mol. The van der Waals surface area contributed by atoms with E-state index in [-0.39, 0.29) is 22.7 Å². The highest BCUT2D eigenvalue weighted by atomic mass is 32.2. The molecule has 0 aliphatic carbocycles. The molecule has 3 aromatic carbocycles. The number of rotatable bonds is 6. The van der Waals surface area contributed by atoms with Crippen LogP contribution >= 0.6 is 0 Å². The third-order valence-electron chi connectivity index (χ3n) is 3.92. The average molecular weight is 402 g/mol. The van der Waals surface area contributed by atoms with Crippen molar-refractivity contribution >= 4 is 21.6 Å². The summed E-state index contributed by atoms with van der Waals surface area (Å²) in [6.45, 7) is -0.0457. The van der Waals surface area contributed by atoms with Gasteiger partial charge in [0, 0.05) is 17.7 Å². The lowest BCUT2D eigenvalue weighted by Crippen LogP contribution is -2.24. The second-order valence-corrected chi connectivity index (χ2v) is 7.57. The largest absolute Gasteiger partial charge is 0.348 e. The Morgan fingerprint density at radius 3 is 2.25 bits per heavy atom.